The Labute approximate surface area is 133 Å². The highest BCUT2D eigenvalue weighted by Gasteiger charge is 2.13. The first-order valence-electron chi connectivity index (χ1n) is 6.61. The number of hydrogen-bond donors (Lipinski definition) is 1. The molecule has 2 aromatic rings. The molecule has 0 aliphatic carbocycles. The summed E-state index contributed by atoms with van der Waals surface area (Å²) in [5.41, 5.74) is 4.57. The summed E-state index contributed by atoms with van der Waals surface area (Å²) in [5.74, 6) is 0. The number of rotatable bonds is 3. The molecule has 0 heterocycles. The van der Waals surface area contributed by atoms with E-state index in [1.54, 1.807) is 19.1 Å². The molecule has 0 aromatic heterocycles. The molecule has 0 radical (unpaired) electrons. The van der Waals surface area contributed by atoms with Crippen LogP contribution in [0.15, 0.2) is 41.3 Å². The maximum Gasteiger partial charge on any atom is 0.295 e. The van der Waals surface area contributed by atoms with E-state index in [1.807, 2.05) is 38.1 Å². The molecular formula is C18H22O3S. The lowest BCUT2D eigenvalue weighted by atomic mass is 10.0. The van der Waals surface area contributed by atoms with Crippen molar-refractivity contribution in [3.05, 3.63) is 64.2 Å². The molecule has 2 rings (SSSR count). The van der Waals surface area contributed by atoms with Crippen LogP contribution in [0.25, 0.3) is 12.2 Å². The summed E-state index contributed by atoms with van der Waals surface area (Å²) >= 11 is 0. The fourth-order valence-electron chi connectivity index (χ4n) is 2.19. The molecule has 0 atom stereocenters. The third-order valence-corrected chi connectivity index (χ3v) is 4.22. The zero-order chi connectivity index (χ0) is 15.6. The van der Waals surface area contributed by atoms with Gasteiger partial charge in [-0.3, -0.25) is 4.55 Å². The maximum atomic E-state index is 11.5. The predicted molar refractivity (Wildman–Crippen MR) is 92.6 cm³/mol. The topological polar surface area (TPSA) is 54.4 Å². The Kier molecular flexibility index (Phi) is 5.69. The highest BCUT2D eigenvalue weighted by atomic mass is 32.2. The standard InChI is InChI=1S/C17H18O3S.CH4/c1-12-4-6-15(14(3)10-12)8-9-16-7-5-13(2)11-17(16)21(18,19)20;/h4-11H,1-3H3,(H,18,19,20);1H4/b9-8+;. The third kappa shape index (κ3) is 4.29. The normalized spacial score (nSPS) is 11.5. The summed E-state index contributed by atoms with van der Waals surface area (Å²) in [4.78, 5) is -0.0662. The minimum atomic E-state index is -4.23. The van der Waals surface area contributed by atoms with Crippen molar-refractivity contribution in [1.82, 2.24) is 0 Å². The predicted octanol–water partition coefficient (Wildman–Crippen LogP) is 4.67. The van der Waals surface area contributed by atoms with E-state index < -0.39 is 10.1 Å². The molecule has 0 aliphatic heterocycles. The zero-order valence-corrected chi connectivity index (χ0v) is 13.1. The van der Waals surface area contributed by atoms with Crippen LogP contribution in [0.2, 0.25) is 0 Å². The Morgan fingerprint density at radius 1 is 0.864 bits per heavy atom. The Bertz CT molecular complexity index is 803. The van der Waals surface area contributed by atoms with Crippen molar-refractivity contribution in [3.8, 4) is 0 Å². The van der Waals surface area contributed by atoms with E-state index in [0.29, 0.717) is 5.56 Å². The van der Waals surface area contributed by atoms with Gasteiger partial charge in [0.15, 0.2) is 0 Å². The van der Waals surface area contributed by atoms with Gasteiger partial charge in [-0.2, -0.15) is 8.42 Å². The summed E-state index contributed by atoms with van der Waals surface area (Å²) in [6.07, 6.45) is 3.56. The minimum Gasteiger partial charge on any atom is -0.282 e. The molecule has 2 aromatic carbocycles. The second-order valence-corrected chi connectivity index (χ2v) is 6.60. The smallest absolute Gasteiger partial charge is 0.282 e. The van der Waals surface area contributed by atoms with Crippen molar-refractivity contribution in [2.24, 2.45) is 0 Å². The van der Waals surface area contributed by atoms with E-state index in [4.69, 9.17) is 0 Å². The van der Waals surface area contributed by atoms with Gasteiger partial charge < -0.3 is 0 Å². The van der Waals surface area contributed by atoms with Crippen LogP contribution in [0, 0.1) is 20.8 Å². The van der Waals surface area contributed by atoms with Crippen molar-refractivity contribution in [2.45, 2.75) is 33.1 Å². The first-order valence-corrected chi connectivity index (χ1v) is 8.05. The summed E-state index contributed by atoms with van der Waals surface area (Å²) in [5, 5.41) is 0. The van der Waals surface area contributed by atoms with Crippen LogP contribution in [0.3, 0.4) is 0 Å². The first kappa shape index (κ1) is 18.1. The lowest BCUT2D eigenvalue weighted by molar-refractivity contribution is 0.483. The lowest BCUT2D eigenvalue weighted by Gasteiger charge is -2.05. The Balaban J connectivity index is 0.00000242. The van der Waals surface area contributed by atoms with E-state index in [-0.39, 0.29) is 12.3 Å². The largest absolute Gasteiger partial charge is 0.295 e. The van der Waals surface area contributed by atoms with Crippen LogP contribution in [-0.4, -0.2) is 13.0 Å². The molecule has 0 aliphatic rings. The van der Waals surface area contributed by atoms with Gasteiger partial charge in [0.05, 0.1) is 0 Å². The van der Waals surface area contributed by atoms with E-state index in [1.165, 1.54) is 11.6 Å². The molecule has 0 fully saturated rings. The van der Waals surface area contributed by atoms with Gasteiger partial charge in [0, 0.05) is 0 Å². The fourth-order valence-corrected chi connectivity index (χ4v) is 2.96. The summed E-state index contributed by atoms with van der Waals surface area (Å²) in [7, 11) is -4.23. The molecule has 0 bridgehead atoms. The minimum absolute atomic E-state index is 0. The van der Waals surface area contributed by atoms with Gasteiger partial charge in [0.2, 0.25) is 0 Å². The molecule has 0 saturated heterocycles. The Morgan fingerprint density at radius 2 is 1.36 bits per heavy atom. The van der Waals surface area contributed by atoms with Gasteiger partial charge in [0.25, 0.3) is 10.1 Å². The van der Waals surface area contributed by atoms with Crippen LogP contribution >= 0.6 is 0 Å². The van der Waals surface area contributed by atoms with Gasteiger partial charge >= 0.3 is 0 Å². The van der Waals surface area contributed by atoms with Crippen molar-refractivity contribution in [2.75, 3.05) is 0 Å². The zero-order valence-electron chi connectivity index (χ0n) is 12.3. The number of hydrogen-bond acceptors (Lipinski definition) is 2. The molecular weight excluding hydrogens is 296 g/mol. The lowest BCUT2D eigenvalue weighted by Crippen LogP contribution is -2.01. The second-order valence-electron chi connectivity index (χ2n) is 5.21. The molecule has 0 spiro atoms. The average molecular weight is 318 g/mol. The second kappa shape index (κ2) is 6.90. The summed E-state index contributed by atoms with van der Waals surface area (Å²) in [6.45, 7) is 5.81. The average Bonchev–Trinajstić information content (AvgIpc) is 2.38. The first-order chi connectivity index (χ1) is 9.77. The highest BCUT2D eigenvalue weighted by Crippen LogP contribution is 2.21. The van der Waals surface area contributed by atoms with E-state index >= 15 is 0 Å². The van der Waals surface area contributed by atoms with Crippen LogP contribution in [0.1, 0.15) is 35.2 Å². The van der Waals surface area contributed by atoms with Gasteiger partial charge in [-0.1, -0.05) is 55.5 Å². The van der Waals surface area contributed by atoms with Crippen LogP contribution < -0.4 is 0 Å². The molecule has 0 unspecified atom stereocenters. The molecule has 118 valence electrons. The summed E-state index contributed by atoms with van der Waals surface area (Å²) < 4.78 is 32.2. The Morgan fingerprint density at radius 3 is 1.91 bits per heavy atom. The monoisotopic (exact) mass is 318 g/mol. The van der Waals surface area contributed by atoms with Crippen molar-refractivity contribution in [3.63, 3.8) is 0 Å². The maximum absolute atomic E-state index is 11.5. The van der Waals surface area contributed by atoms with Gasteiger partial charge in [-0.15, -0.1) is 0 Å². The molecule has 0 saturated carbocycles. The molecule has 4 heteroatoms. The van der Waals surface area contributed by atoms with Crippen LogP contribution in [0.4, 0.5) is 0 Å². The van der Waals surface area contributed by atoms with E-state index in [9.17, 15) is 13.0 Å². The molecule has 3 nitrogen and oxygen atoms in total. The van der Waals surface area contributed by atoms with Gasteiger partial charge in [-0.05, 0) is 49.1 Å². The van der Waals surface area contributed by atoms with Crippen LogP contribution in [0.5, 0.6) is 0 Å². The van der Waals surface area contributed by atoms with Crippen LogP contribution in [-0.2, 0) is 10.1 Å². The van der Waals surface area contributed by atoms with E-state index in [2.05, 4.69) is 6.07 Å². The van der Waals surface area contributed by atoms with Crippen molar-refractivity contribution in [1.29, 1.82) is 0 Å². The van der Waals surface area contributed by atoms with Crippen molar-refractivity contribution < 1.29 is 13.0 Å². The molecule has 1 N–H and O–H groups in total. The van der Waals surface area contributed by atoms with E-state index in [0.717, 1.165) is 16.7 Å². The highest BCUT2D eigenvalue weighted by molar-refractivity contribution is 7.85. The number of benzene rings is 2. The summed E-state index contributed by atoms with van der Waals surface area (Å²) in [6, 6.07) is 11.0. The van der Waals surface area contributed by atoms with Gasteiger partial charge in [-0.25, -0.2) is 0 Å². The molecule has 0 amide bonds. The number of aryl methyl sites for hydroxylation is 3. The third-order valence-electron chi connectivity index (χ3n) is 3.31. The Hall–Kier alpha value is -1.91. The van der Waals surface area contributed by atoms with Gasteiger partial charge in [0.1, 0.15) is 4.90 Å². The quantitative estimate of drug-likeness (QED) is 0.661. The SMILES string of the molecule is C.Cc1ccc(/C=C/c2ccc(C)cc2S(=O)(=O)O)c(C)c1. The van der Waals surface area contributed by atoms with Crippen molar-refractivity contribution >= 4 is 22.3 Å². The molecule has 22 heavy (non-hydrogen) atoms. The fraction of sp³-hybridized carbons (Fsp3) is 0.222.